The van der Waals surface area contributed by atoms with Gasteiger partial charge in [-0.15, -0.1) is 0 Å². The quantitative estimate of drug-likeness (QED) is 0.398. The zero-order chi connectivity index (χ0) is 25.0. The molecule has 3 aromatic rings. The van der Waals surface area contributed by atoms with Crippen LogP contribution in [0.3, 0.4) is 0 Å². The van der Waals surface area contributed by atoms with Crippen molar-refractivity contribution in [3.8, 4) is 0 Å². The lowest BCUT2D eigenvalue weighted by Crippen LogP contribution is -2.41. The fourth-order valence-corrected chi connectivity index (χ4v) is 5.39. The Kier molecular flexibility index (Phi) is 8.42. The minimum Gasteiger partial charge on any atom is -0.348 e. The van der Waals surface area contributed by atoms with Crippen LogP contribution >= 0.6 is 23.2 Å². The van der Waals surface area contributed by atoms with Gasteiger partial charge in [0.25, 0.3) is 0 Å². The van der Waals surface area contributed by atoms with Crippen molar-refractivity contribution < 1.29 is 13.2 Å². The van der Waals surface area contributed by atoms with Gasteiger partial charge in [0.2, 0.25) is 15.9 Å². The van der Waals surface area contributed by atoms with Crippen LogP contribution < -0.4 is 5.32 Å². The Morgan fingerprint density at radius 3 is 2.00 bits per heavy atom. The number of nitrogens with zero attached hydrogens (tertiary/aromatic N) is 1. The molecule has 0 bridgehead atoms. The number of carbonyl (C=O) groups is 1. The maximum Gasteiger partial charge on any atom is 0.243 e. The number of benzene rings is 3. The first-order chi connectivity index (χ1) is 16.0. The van der Waals surface area contributed by atoms with Gasteiger partial charge in [0.15, 0.2) is 0 Å². The second-order valence-corrected chi connectivity index (χ2v) is 11.2. The molecule has 1 unspecified atom stereocenters. The van der Waals surface area contributed by atoms with Gasteiger partial charge in [-0.1, -0.05) is 47.5 Å². The summed E-state index contributed by atoms with van der Waals surface area (Å²) in [6, 6.07) is 16.6. The van der Waals surface area contributed by atoms with Gasteiger partial charge in [0.1, 0.15) is 0 Å². The van der Waals surface area contributed by atoms with Gasteiger partial charge in [-0.2, -0.15) is 4.31 Å². The molecule has 180 valence electrons. The van der Waals surface area contributed by atoms with Gasteiger partial charge in [-0.3, -0.25) is 4.79 Å². The number of aryl methyl sites for hydroxylation is 3. The van der Waals surface area contributed by atoms with Gasteiger partial charge in [0, 0.05) is 16.6 Å². The normalized spacial score (nSPS) is 12.6. The third-order valence-electron chi connectivity index (χ3n) is 5.77. The molecule has 0 aromatic heterocycles. The number of rotatable bonds is 8. The molecule has 3 rings (SSSR count). The molecule has 3 aromatic carbocycles. The fourth-order valence-electron chi connectivity index (χ4n) is 3.75. The van der Waals surface area contributed by atoms with E-state index in [1.165, 1.54) is 29.8 Å². The van der Waals surface area contributed by atoms with Crippen molar-refractivity contribution in [3.05, 3.63) is 98.5 Å². The largest absolute Gasteiger partial charge is 0.348 e. The molecular formula is C26H28Cl2N2O3S. The molecule has 0 aliphatic rings. The van der Waals surface area contributed by atoms with Crippen LogP contribution in [0, 0.1) is 20.8 Å². The zero-order valence-electron chi connectivity index (χ0n) is 19.6. The molecule has 0 saturated heterocycles. The molecule has 0 aliphatic carbocycles. The Balaban J connectivity index is 1.85. The minimum atomic E-state index is -3.96. The maximum absolute atomic E-state index is 13.4. The molecule has 0 aliphatic heterocycles. The Hall–Kier alpha value is -2.38. The summed E-state index contributed by atoms with van der Waals surface area (Å²) in [5.74, 6) is -0.392. The van der Waals surface area contributed by atoms with Crippen LogP contribution in [-0.2, 0) is 21.4 Å². The number of hydrogen-bond donors (Lipinski definition) is 1. The van der Waals surface area contributed by atoms with Crippen LogP contribution in [0.25, 0.3) is 0 Å². The van der Waals surface area contributed by atoms with Crippen molar-refractivity contribution in [1.82, 2.24) is 9.62 Å². The van der Waals surface area contributed by atoms with E-state index in [4.69, 9.17) is 23.2 Å². The number of sulfonamides is 1. The lowest BCUT2D eigenvalue weighted by molar-refractivity contribution is -0.122. The van der Waals surface area contributed by atoms with E-state index in [0.29, 0.717) is 15.6 Å². The summed E-state index contributed by atoms with van der Waals surface area (Å²) in [5, 5.41) is 3.93. The van der Waals surface area contributed by atoms with E-state index in [2.05, 4.69) is 17.4 Å². The van der Waals surface area contributed by atoms with Gasteiger partial charge in [-0.25, -0.2) is 8.42 Å². The number of carbonyl (C=O) groups excluding carboxylic acids is 1. The van der Waals surface area contributed by atoms with Crippen molar-refractivity contribution in [2.45, 2.75) is 45.2 Å². The molecular weight excluding hydrogens is 491 g/mol. The van der Waals surface area contributed by atoms with Crippen molar-refractivity contribution >= 4 is 39.1 Å². The summed E-state index contributed by atoms with van der Waals surface area (Å²) in [5.41, 5.74) is 5.11. The van der Waals surface area contributed by atoms with Gasteiger partial charge in [-0.05, 0) is 91.9 Å². The summed E-state index contributed by atoms with van der Waals surface area (Å²) in [4.78, 5) is 13.1. The average molecular weight is 519 g/mol. The van der Waals surface area contributed by atoms with Crippen LogP contribution in [0.5, 0.6) is 0 Å². The lowest BCUT2D eigenvalue weighted by Gasteiger charge is -2.24. The molecule has 34 heavy (non-hydrogen) atoms. The van der Waals surface area contributed by atoms with Crippen molar-refractivity contribution in [2.24, 2.45) is 0 Å². The lowest BCUT2D eigenvalue weighted by atomic mass is 9.96. The molecule has 0 fully saturated rings. The van der Waals surface area contributed by atoms with Crippen LogP contribution in [0.2, 0.25) is 10.0 Å². The molecule has 0 heterocycles. The van der Waals surface area contributed by atoms with E-state index in [1.54, 1.807) is 24.3 Å². The molecule has 0 spiro atoms. The van der Waals surface area contributed by atoms with Crippen LogP contribution in [0.1, 0.15) is 40.8 Å². The molecule has 0 radical (unpaired) electrons. The monoisotopic (exact) mass is 518 g/mol. The Bertz CT molecular complexity index is 1270. The maximum atomic E-state index is 13.4. The third-order valence-corrected chi connectivity index (χ3v) is 8.08. The predicted molar refractivity (Wildman–Crippen MR) is 138 cm³/mol. The Morgan fingerprint density at radius 1 is 0.882 bits per heavy atom. The number of nitrogens with one attached hydrogen (secondary N) is 1. The number of amides is 1. The Labute approximate surface area is 211 Å². The first-order valence-corrected chi connectivity index (χ1v) is 13.0. The second kappa shape index (κ2) is 10.9. The van der Waals surface area contributed by atoms with E-state index < -0.39 is 15.9 Å². The van der Waals surface area contributed by atoms with E-state index in [0.717, 1.165) is 21.0 Å². The van der Waals surface area contributed by atoms with E-state index >= 15 is 0 Å². The molecule has 1 amide bonds. The first kappa shape index (κ1) is 26.2. The highest BCUT2D eigenvalue weighted by Gasteiger charge is 2.27. The highest BCUT2D eigenvalue weighted by molar-refractivity contribution is 7.89. The summed E-state index contributed by atoms with van der Waals surface area (Å²) in [6.45, 7) is 7.66. The fraction of sp³-hybridized carbons (Fsp3) is 0.269. The van der Waals surface area contributed by atoms with Crippen LogP contribution in [0.4, 0.5) is 0 Å². The Morgan fingerprint density at radius 2 is 1.41 bits per heavy atom. The van der Waals surface area contributed by atoms with E-state index in [9.17, 15) is 13.2 Å². The molecule has 1 N–H and O–H groups in total. The van der Waals surface area contributed by atoms with Gasteiger partial charge >= 0.3 is 0 Å². The summed E-state index contributed by atoms with van der Waals surface area (Å²) >= 11 is 11.9. The summed E-state index contributed by atoms with van der Waals surface area (Å²) in [6.07, 6.45) is 0. The number of halogens is 2. The molecule has 5 nitrogen and oxygen atoms in total. The molecule has 1 atom stereocenters. The average Bonchev–Trinajstić information content (AvgIpc) is 2.77. The second-order valence-electron chi connectivity index (χ2n) is 8.44. The molecule has 8 heteroatoms. The van der Waals surface area contributed by atoms with Crippen LogP contribution in [-0.4, -0.2) is 25.2 Å². The zero-order valence-corrected chi connectivity index (χ0v) is 21.9. The van der Waals surface area contributed by atoms with Crippen molar-refractivity contribution in [2.75, 3.05) is 6.54 Å². The standard InChI is InChI=1S/C26H28Cl2N2O3S/c1-17-13-19(3)25(14-18(17)2)20(4)29-26(31)16-30(15-21-5-7-22(27)8-6-21)34(32,33)24-11-9-23(28)10-12-24/h5-14,20H,15-16H2,1-4H3,(H,29,31). The van der Waals surface area contributed by atoms with E-state index in [-0.39, 0.29) is 24.0 Å². The summed E-state index contributed by atoms with van der Waals surface area (Å²) < 4.78 is 28.0. The smallest absolute Gasteiger partial charge is 0.243 e. The van der Waals surface area contributed by atoms with Crippen molar-refractivity contribution in [3.63, 3.8) is 0 Å². The third kappa shape index (κ3) is 6.39. The predicted octanol–water partition coefficient (Wildman–Crippen LogP) is 5.99. The van der Waals surface area contributed by atoms with Crippen LogP contribution in [0.15, 0.2) is 65.6 Å². The first-order valence-electron chi connectivity index (χ1n) is 10.8. The summed E-state index contributed by atoms with van der Waals surface area (Å²) in [7, 11) is -3.96. The van der Waals surface area contributed by atoms with Crippen molar-refractivity contribution in [1.29, 1.82) is 0 Å². The van der Waals surface area contributed by atoms with Gasteiger partial charge in [0.05, 0.1) is 17.5 Å². The topological polar surface area (TPSA) is 66.5 Å². The van der Waals surface area contributed by atoms with E-state index in [1.807, 2.05) is 27.7 Å². The number of hydrogen-bond acceptors (Lipinski definition) is 3. The highest BCUT2D eigenvalue weighted by atomic mass is 35.5. The highest BCUT2D eigenvalue weighted by Crippen LogP contribution is 2.23. The molecule has 0 saturated carbocycles. The minimum absolute atomic E-state index is 0.0204. The van der Waals surface area contributed by atoms with Gasteiger partial charge < -0.3 is 5.32 Å². The SMILES string of the molecule is Cc1cc(C)c(C(C)NC(=O)CN(Cc2ccc(Cl)cc2)S(=O)(=O)c2ccc(Cl)cc2)cc1C.